The van der Waals surface area contributed by atoms with Crippen LogP contribution in [0.25, 0.3) is 5.65 Å². The fourth-order valence-electron chi connectivity index (χ4n) is 2.83. The Bertz CT molecular complexity index is 797. The van der Waals surface area contributed by atoms with Gasteiger partial charge in [0.05, 0.1) is 11.4 Å². The lowest BCUT2D eigenvalue weighted by molar-refractivity contribution is 0.591. The SMILES string of the molecule is CCCCCS(=O)(=O)c1c(N)nn2c3c(cnc12)CCNC3. The van der Waals surface area contributed by atoms with E-state index >= 15 is 0 Å². The smallest absolute Gasteiger partial charge is 0.185 e. The van der Waals surface area contributed by atoms with E-state index < -0.39 is 9.84 Å². The van der Waals surface area contributed by atoms with E-state index in [2.05, 4.69) is 15.4 Å². The number of anilines is 1. The zero-order valence-corrected chi connectivity index (χ0v) is 13.5. The summed E-state index contributed by atoms with van der Waals surface area (Å²) in [6.45, 7) is 3.57. The van der Waals surface area contributed by atoms with Gasteiger partial charge in [-0.15, -0.1) is 5.10 Å². The molecule has 0 fully saturated rings. The number of nitrogens with two attached hydrogens (primary N) is 1. The van der Waals surface area contributed by atoms with E-state index in [1.165, 1.54) is 0 Å². The van der Waals surface area contributed by atoms with Crippen LogP contribution in [0.1, 0.15) is 37.4 Å². The molecule has 0 aliphatic carbocycles. The summed E-state index contributed by atoms with van der Waals surface area (Å²) in [6, 6.07) is 0. The monoisotopic (exact) mass is 323 g/mol. The summed E-state index contributed by atoms with van der Waals surface area (Å²) in [5.74, 6) is 0.131. The van der Waals surface area contributed by atoms with Crippen molar-refractivity contribution in [2.45, 2.75) is 44.0 Å². The Morgan fingerprint density at radius 3 is 3.00 bits per heavy atom. The number of hydrogen-bond acceptors (Lipinski definition) is 6. The summed E-state index contributed by atoms with van der Waals surface area (Å²) in [6.07, 6.45) is 5.08. The molecule has 0 unspecified atom stereocenters. The minimum Gasteiger partial charge on any atom is -0.381 e. The first-order valence-electron chi connectivity index (χ1n) is 7.63. The highest BCUT2D eigenvalue weighted by atomic mass is 32.2. The van der Waals surface area contributed by atoms with Crippen LogP contribution in [-0.2, 0) is 22.8 Å². The van der Waals surface area contributed by atoms with E-state index in [9.17, 15) is 8.42 Å². The molecule has 22 heavy (non-hydrogen) atoms. The minimum atomic E-state index is -3.46. The third-order valence-electron chi connectivity index (χ3n) is 4.00. The highest BCUT2D eigenvalue weighted by Crippen LogP contribution is 2.26. The average molecular weight is 323 g/mol. The van der Waals surface area contributed by atoms with Crippen molar-refractivity contribution in [1.29, 1.82) is 0 Å². The fraction of sp³-hybridized carbons (Fsp3) is 0.571. The summed E-state index contributed by atoms with van der Waals surface area (Å²) in [5, 5.41) is 7.50. The molecule has 0 saturated carbocycles. The van der Waals surface area contributed by atoms with Crippen molar-refractivity contribution in [1.82, 2.24) is 19.9 Å². The minimum absolute atomic E-state index is 0.0444. The maximum absolute atomic E-state index is 12.6. The Hall–Kier alpha value is -1.67. The van der Waals surface area contributed by atoms with Crippen molar-refractivity contribution < 1.29 is 8.42 Å². The molecule has 0 atom stereocenters. The first kappa shape index (κ1) is 15.2. The van der Waals surface area contributed by atoms with Gasteiger partial charge in [-0.2, -0.15) is 0 Å². The quantitative estimate of drug-likeness (QED) is 0.793. The van der Waals surface area contributed by atoms with Gasteiger partial charge in [0.25, 0.3) is 0 Å². The fourth-order valence-corrected chi connectivity index (χ4v) is 4.40. The van der Waals surface area contributed by atoms with Crippen LogP contribution in [0.4, 0.5) is 5.82 Å². The highest BCUT2D eigenvalue weighted by molar-refractivity contribution is 7.91. The molecule has 0 radical (unpaired) electrons. The lowest BCUT2D eigenvalue weighted by atomic mass is 10.1. The molecule has 0 saturated heterocycles. The van der Waals surface area contributed by atoms with Gasteiger partial charge in [-0.1, -0.05) is 19.8 Å². The Kier molecular flexibility index (Phi) is 4.05. The van der Waals surface area contributed by atoms with Gasteiger partial charge >= 0.3 is 0 Å². The number of nitrogen functional groups attached to an aromatic ring is 1. The van der Waals surface area contributed by atoms with E-state index in [-0.39, 0.29) is 16.5 Å². The molecule has 0 aromatic carbocycles. The van der Waals surface area contributed by atoms with E-state index in [1.54, 1.807) is 10.7 Å². The largest absolute Gasteiger partial charge is 0.381 e. The number of aromatic nitrogens is 3. The Labute approximate surface area is 129 Å². The van der Waals surface area contributed by atoms with Crippen molar-refractivity contribution >= 4 is 21.3 Å². The van der Waals surface area contributed by atoms with Gasteiger partial charge in [0, 0.05) is 12.7 Å². The van der Waals surface area contributed by atoms with E-state index in [1.807, 2.05) is 6.92 Å². The third-order valence-corrected chi connectivity index (χ3v) is 5.84. The third kappa shape index (κ3) is 2.56. The second-order valence-electron chi connectivity index (χ2n) is 5.63. The second kappa shape index (κ2) is 5.85. The van der Waals surface area contributed by atoms with Crippen LogP contribution < -0.4 is 11.1 Å². The van der Waals surface area contributed by atoms with Crippen LogP contribution in [-0.4, -0.2) is 35.3 Å². The summed E-state index contributed by atoms with van der Waals surface area (Å²) in [4.78, 5) is 4.40. The molecule has 8 heteroatoms. The van der Waals surface area contributed by atoms with Crippen molar-refractivity contribution in [3.63, 3.8) is 0 Å². The number of rotatable bonds is 5. The molecule has 3 heterocycles. The normalized spacial score (nSPS) is 15.1. The molecular weight excluding hydrogens is 302 g/mol. The zero-order chi connectivity index (χ0) is 15.7. The summed E-state index contributed by atoms with van der Waals surface area (Å²) in [7, 11) is -3.46. The Balaban J connectivity index is 2.09. The van der Waals surface area contributed by atoms with Crippen molar-refractivity contribution in [2.75, 3.05) is 18.0 Å². The number of nitrogens with one attached hydrogen (secondary N) is 1. The molecule has 0 spiro atoms. The summed E-state index contributed by atoms with van der Waals surface area (Å²) in [5.41, 5.74) is 8.28. The van der Waals surface area contributed by atoms with Gasteiger partial charge in [0.2, 0.25) is 0 Å². The number of nitrogens with zero attached hydrogens (tertiary/aromatic N) is 3. The number of unbranched alkanes of at least 4 members (excludes halogenated alkanes) is 2. The van der Waals surface area contributed by atoms with Crippen molar-refractivity contribution in [3.8, 4) is 0 Å². The molecule has 1 aliphatic rings. The molecule has 2 aromatic rings. The predicted molar refractivity (Wildman–Crippen MR) is 84.4 cm³/mol. The summed E-state index contributed by atoms with van der Waals surface area (Å²) < 4.78 is 26.8. The van der Waals surface area contributed by atoms with Crippen LogP contribution in [0.2, 0.25) is 0 Å². The molecule has 1 aliphatic heterocycles. The zero-order valence-electron chi connectivity index (χ0n) is 12.7. The van der Waals surface area contributed by atoms with Gasteiger partial charge in [-0.25, -0.2) is 17.9 Å². The van der Waals surface area contributed by atoms with Crippen molar-refractivity contribution in [3.05, 3.63) is 17.5 Å². The molecule has 3 N–H and O–H groups in total. The average Bonchev–Trinajstić information content (AvgIpc) is 2.84. The topological polar surface area (TPSA) is 102 Å². The molecule has 7 nitrogen and oxygen atoms in total. The van der Waals surface area contributed by atoms with Gasteiger partial charge in [0.15, 0.2) is 26.2 Å². The molecule has 2 aromatic heterocycles. The Morgan fingerprint density at radius 1 is 1.41 bits per heavy atom. The van der Waals surface area contributed by atoms with E-state index in [0.717, 1.165) is 37.1 Å². The lowest BCUT2D eigenvalue weighted by Gasteiger charge is -2.17. The van der Waals surface area contributed by atoms with Crippen LogP contribution in [0.3, 0.4) is 0 Å². The van der Waals surface area contributed by atoms with Gasteiger partial charge in [-0.3, -0.25) is 0 Å². The maximum atomic E-state index is 12.6. The maximum Gasteiger partial charge on any atom is 0.185 e. The van der Waals surface area contributed by atoms with Crippen LogP contribution in [0.5, 0.6) is 0 Å². The van der Waals surface area contributed by atoms with E-state index in [4.69, 9.17) is 5.73 Å². The van der Waals surface area contributed by atoms with Crippen LogP contribution in [0, 0.1) is 0 Å². The van der Waals surface area contributed by atoms with Gasteiger partial charge in [-0.05, 0) is 24.9 Å². The first-order chi connectivity index (χ1) is 10.5. The standard InChI is InChI=1S/C14H21N5O2S/c1-2-3-4-7-22(20,21)12-13(15)18-19-11-9-16-6-5-10(11)8-17-14(12)19/h8,16H,2-7,9H2,1H3,(H2,15,18). The summed E-state index contributed by atoms with van der Waals surface area (Å²) >= 11 is 0. The molecule has 0 amide bonds. The van der Waals surface area contributed by atoms with E-state index in [0.29, 0.717) is 18.6 Å². The van der Waals surface area contributed by atoms with Crippen LogP contribution in [0.15, 0.2) is 11.1 Å². The first-order valence-corrected chi connectivity index (χ1v) is 9.28. The number of sulfone groups is 1. The Morgan fingerprint density at radius 2 is 2.23 bits per heavy atom. The highest BCUT2D eigenvalue weighted by Gasteiger charge is 2.27. The van der Waals surface area contributed by atoms with Crippen LogP contribution >= 0.6 is 0 Å². The molecular formula is C14H21N5O2S. The molecule has 120 valence electrons. The molecule has 0 bridgehead atoms. The molecule has 3 rings (SSSR count). The van der Waals surface area contributed by atoms with Gasteiger partial charge in [0.1, 0.15) is 0 Å². The number of hydrogen-bond donors (Lipinski definition) is 2. The number of fused-ring (bicyclic) bond motifs is 3. The van der Waals surface area contributed by atoms with Crippen molar-refractivity contribution in [2.24, 2.45) is 0 Å². The second-order valence-corrected chi connectivity index (χ2v) is 7.68. The predicted octanol–water partition coefficient (Wildman–Crippen LogP) is 0.921. The van der Waals surface area contributed by atoms with Gasteiger partial charge < -0.3 is 11.1 Å². The lowest BCUT2D eigenvalue weighted by Crippen LogP contribution is -2.26.